The molecule has 1 N–H and O–H groups in total. The van der Waals surface area contributed by atoms with Crippen LogP contribution in [-0.2, 0) is 23.1 Å². The number of hydrogen-bond acceptors (Lipinski definition) is 5. The van der Waals surface area contributed by atoms with Crippen molar-refractivity contribution in [3.05, 3.63) is 57.7 Å². The summed E-state index contributed by atoms with van der Waals surface area (Å²) in [6.07, 6.45) is 6.16. The minimum Gasteiger partial charge on any atom is -0.354 e. The van der Waals surface area contributed by atoms with Gasteiger partial charge in [-0.3, -0.25) is 24.0 Å². The van der Waals surface area contributed by atoms with Crippen LogP contribution in [-0.4, -0.2) is 44.8 Å². The molecule has 2 aromatic rings. The standard InChI is InChI=1S/C19H19ClN4O3S/c1-23-12-14(11-22-23)4-7-17(25)21-8-9-24-18(26)16(28-19(24)27)10-13-2-5-15(20)6-3-13/h2-3,5-6,10-12H,4,7-9H2,1H3,(H,21,25)/b16-10+. The van der Waals surface area contributed by atoms with E-state index in [9.17, 15) is 14.4 Å². The molecule has 9 heteroatoms. The summed E-state index contributed by atoms with van der Waals surface area (Å²) in [6.45, 7) is 0.361. The molecule has 0 radical (unpaired) electrons. The van der Waals surface area contributed by atoms with Crippen molar-refractivity contribution in [2.45, 2.75) is 12.8 Å². The zero-order valence-corrected chi connectivity index (χ0v) is 16.8. The number of carbonyl (C=O) groups excluding carboxylic acids is 3. The van der Waals surface area contributed by atoms with Gasteiger partial charge in [-0.25, -0.2) is 0 Å². The van der Waals surface area contributed by atoms with E-state index in [0.717, 1.165) is 27.8 Å². The van der Waals surface area contributed by atoms with Crippen molar-refractivity contribution in [3.8, 4) is 0 Å². The van der Waals surface area contributed by atoms with Gasteiger partial charge >= 0.3 is 0 Å². The Labute approximate surface area is 171 Å². The van der Waals surface area contributed by atoms with Gasteiger partial charge in [0, 0.05) is 37.8 Å². The first-order chi connectivity index (χ1) is 13.4. The molecule has 1 aromatic heterocycles. The Morgan fingerprint density at radius 3 is 2.71 bits per heavy atom. The third kappa shape index (κ3) is 5.24. The third-order valence-corrected chi connectivity index (χ3v) is 5.26. The number of amides is 3. The van der Waals surface area contributed by atoms with Crippen LogP contribution >= 0.6 is 23.4 Å². The van der Waals surface area contributed by atoms with Gasteiger partial charge in [0.25, 0.3) is 11.1 Å². The molecule has 0 unspecified atom stereocenters. The second kappa shape index (κ2) is 9.07. The fourth-order valence-corrected chi connectivity index (χ4v) is 3.65. The zero-order valence-electron chi connectivity index (χ0n) is 15.2. The van der Waals surface area contributed by atoms with Gasteiger partial charge in [0.2, 0.25) is 5.91 Å². The number of imide groups is 1. The van der Waals surface area contributed by atoms with Gasteiger partial charge in [0.1, 0.15) is 0 Å². The van der Waals surface area contributed by atoms with E-state index in [2.05, 4.69) is 10.4 Å². The van der Waals surface area contributed by atoms with Gasteiger partial charge < -0.3 is 5.32 Å². The Morgan fingerprint density at radius 1 is 1.29 bits per heavy atom. The topological polar surface area (TPSA) is 84.3 Å². The first-order valence-electron chi connectivity index (χ1n) is 8.67. The lowest BCUT2D eigenvalue weighted by molar-refractivity contribution is -0.124. The number of benzene rings is 1. The van der Waals surface area contributed by atoms with E-state index in [0.29, 0.717) is 22.8 Å². The number of aromatic nitrogens is 2. The molecule has 1 aliphatic heterocycles. The van der Waals surface area contributed by atoms with Gasteiger partial charge in [-0.05, 0) is 47.5 Å². The van der Waals surface area contributed by atoms with E-state index >= 15 is 0 Å². The van der Waals surface area contributed by atoms with E-state index in [-0.39, 0.29) is 30.1 Å². The van der Waals surface area contributed by atoms with E-state index in [4.69, 9.17) is 11.6 Å². The normalized spacial score (nSPS) is 15.5. The number of halogens is 1. The third-order valence-electron chi connectivity index (χ3n) is 4.10. The van der Waals surface area contributed by atoms with Crippen molar-refractivity contribution in [1.82, 2.24) is 20.0 Å². The molecule has 0 atom stereocenters. The Balaban J connectivity index is 1.47. The summed E-state index contributed by atoms with van der Waals surface area (Å²) < 4.78 is 1.69. The minimum atomic E-state index is -0.352. The molecule has 3 amide bonds. The van der Waals surface area contributed by atoms with Crippen molar-refractivity contribution in [2.24, 2.45) is 7.05 Å². The van der Waals surface area contributed by atoms with Gasteiger partial charge in [-0.2, -0.15) is 5.10 Å². The summed E-state index contributed by atoms with van der Waals surface area (Å²) >= 11 is 6.74. The summed E-state index contributed by atoms with van der Waals surface area (Å²) in [5.41, 5.74) is 1.77. The van der Waals surface area contributed by atoms with Gasteiger partial charge in [-0.1, -0.05) is 23.7 Å². The molecule has 1 saturated heterocycles. The number of aryl methyl sites for hydroxylation is 2. The zero-order chi connectivity index (χ0) is 20.1. The van der Waals surface area contributed by atoms with Crippen molar-refractivity contribution in [1.29, 1.82) is 0 Å². The van der Waals surface area contributed by atoms with Gasteiger partial charge in [0.05, 0.1) is 11.1 Å². The summed E-state index contributed by atoms with van der Waals surface area (Å²) in [5.74, 6) is -0.484. The Kier molecular flexibility index (Phi) is 6.53. The smallest absolute Gasteiger partial charge is 0.293 e. The molecule has 2 heterocycles. The lowest BCUT2D eigenvalue weighted by Crippen LogP contribution is -2.37. The second-order valence-electron chi connectivity index (χ2n) is 6.26. The molecule has 0 aliphatic carbocycles. The van der Waals surface area contributed by atoms with Crippen molar-refractivity contribution in [2.75, 3.05) is 13.1 Å². The Morgan fingerprint density at radius 2 is 2.04 bits per heavy atom. The summed E-state index contributed by atoms with van der Waals surface area (Å²) in [6, 6.07) is 6.99. The average molecular weight is 419 g/mol. The van der Waals surface area contributed by atoms with Crippen LogP contribution in [0.1, 0.15) is 17.5 Å². The number of nitrogens with zero attached hydrogens (tertiary/aromatic N) is 3. The second-order valence-corrected chi connectivity index (χ2v) is 7.69. The van der Waals surface area contributed by atoms with Crippen LogP contribution in [0.2, 0.25) is 5.02 Å². The molecule has 146 valence electrons. The van der Waals surface area contributed by atoms with Crippen molar-refractivity contribution >= 4 is 46.5 Å². The first-order valence-corrected chi connectivity index (χ1v) is 9.87. The molecule has 3 rings (SSSR count). The predicted octanol–water partition coefficient (Wildman–Crippen LogP) is 2.86. The van der Waals surface area contributed by atoms with Crippen LogP contribution in [0.4, 0.5) is 4.79 Å². The van der Waals surface area contributed by atoms with Crippen molar-refractivity contribution in [3.63, 3.8) is 0 Å². The Hall–Kier alpha value is -2.58. The monoisotopic (exact) mass is 418 g/mol. The van der Waals surface area contributed by atoms with E-state index in [1.165, 1.54) is 0 Å². The molecular weight excluding hydrogens is 400 g/mol. The van der Waals surface area contributed by atoms with Gasteiger partial charge in [0.15, 0.2) is 0 Å². The lowest BCUT2D eigenvalue weighted by Gasteiger charge is -2.12. The Bertz CT molecular complexity index is 924. The maximum Gasteiger partial charge on any atom is 0.293 e. The highest BCUT2D eigenvalue weighted by Crippen LogP contribution is 2.32. The van der Waals surface area contributed by atoms with Crippen LogP contribution in [0, 0.1) is 0 Å². The molecule has 0 bridgehead atoms. The fraction of sp³-hybridized carbons (Fsp3) is 0.263. The van der Waals surface area contributed by atoms with Crippen LogP contribution in [0.15, 0.2) is 41.6 Å². The van der Waals surface area contributed by atoms with Crippen LogP contribution in [0.25, 0.3) is 6.08 Å². The summed E-state index contributed by atoms with van der Waals surface area (Å²) in [7, 11) is 1.82. The summed E-state index contributed by atoms with van der Waals surface area (Å²) in [5, 5.41) is 7.06. The van der Waals surface area contributed by atoms with Crippen LogP contribution in [0.5, 0.6) is 0 Å². The quantitative estimate of drug-likeness (QED) is 0.699. The molecule has 0 spiro atoms. The number of thioether (sulfide) groups is 1. The molecule has 28 heavy (non-hydrogen) atoms. The molecule has 1 aromatic carbocycles. The average Bonchev–Trinajstić information content (AvgIpc) is 3.19. The number of rotatable bonds is 7. The number of nitrogens with one attached hydrogen (secondary N) is 1. The van der Waals surface area contributed by atoms with E-state index in [1.807, 2.05) is 13.2 Å². The highest BCUT2D eigenvalue weighted by atomic mass is 35.5. The SMILES string of the molecule is Cn1cc(CCC(=O)NCCN2C(=O)S/C(=C/c3ccc(Cl)cc3)C2=O)cn1. The van der Waals surface area contributed by atoms with Crippen molar-refractivity contribution < 1.29 is 14.4 Å². The maximum absolute atomic E-state index is 12.4. The first kappa shape index (κ1) is 20.2. The largest absolute Gasteiger partial charge is 0.354 e. The molecule has 1 aliphatic rings. The van der Waals surface area contributed by atoms with Crippen LogP contribution < -0.4 is 5.32 Å². The molecule has 0 saturated carbocycles. The predicted molar refractivity (Wildman–Crippen MR) is 109 cm³/mol. The highest BCUT2D eigenvalue weighted by molar-refractivity contribution is 8.18. The van der Waals surface area contributed by atoms with Gasteiger partial charge in [-0.15, -0.1) is 0 Å². The van der Waals surface area contributed by atoms with E-state index < -0.39 is 0 Å². The number of carbonyl (C=O) groups is 3. The van der Waals surface area contributed by atoms with Crippen LogP contribution in [0.3, 0.4) is 0 Å². The number of hydrogen-bond donors (Lipinski definition) is 1. The highest BCUT2D eigenvalue weighted by Gasteiger charge is 2.34. The maximum atomic E-state index is 12.4. The molecule has 7 nitrogen and oxygen atoms in total. The molecular formula is C19H19ClN4O3S. The molecule has 1 fully saturated rings. The fourth-order valence-electron chi connectivity index (χ4n) is 2.66. The minimum absolute atomic E-state index is 0.132. The summed E-state index contributed by atoms with van der Waals surface area (Å²) in [4.78, 5) is 38.0. The van der Waals surface area contributed by atoms with E-state index in [1.54, 1.807) is 41.2 Å². The lowest BCUT2D eigenvalue weighted by atomic mass is 10.2.